The van der Waals surface area contributed by atoms with Crippen LogP contribution in [0, 0.1) is 5.92 Å². The molecule has 0 amide bonds. The number of pyridine rings is 1. The highest BCUT2D eigenvalue weighted by molar-refractivity contribution is 5.22. The van der Waals surface area contributed by atoms with Crippen LogP contribution in [0.2, 0.25) is 0 Å². The molecule has 2 bridgehead atoms. The van der Waals surface area contributed by atoms with Gasteiger partial charge in [0.05, 0.1) is 6.54 Å². The lowest BCUT2D eigenvalue weighted by atomic mass is 9.84. The summed E-state index contributed by atoms with van der Waals surface area (Å²) in [5, 5.41) is 7.66. The third-order valence-corrected chi connectivity index (χ3v) is 6.73. The van der Waals surface area contributed by atoms with Crippen molar-refractivity contribution in [2.45, 2.75) is 64.1 Å². The molecule has 2 aromatic rings. The molecule has 0 aromatic carbocycles. The Morgan fingerprint density at radius 3 is 2.93 bits per heavy atom. The summed E-state index contributed by atoms with van der Waals surface area (Å²) in [6, 6.07) is 4.20. The van der Waals surface area contributed by atoms with Gasteiger partial charge in [0.25, 0.3) is 5.56 Å². The second-order valence-electron chi connectivity index (χ2n) is 8.64. The van der Waals surface area contributed by atoms with Gasteiger partial charge in [-0.05, 0) is 44.3 Å². The van der Waals surface area contributed by atoms with Crippen molar-refractivity contribution in [1.29, 1.82) is 0 Å². The third kappa shape index (κ3) is 3.31. The summed E-state index contributed by atoms with van der Waals surface area (Å²) in [7, 11) is 0. The van der Waals surface area contributed by atoms with E-state index >= 15 is 0 Å². The summed E-state index contributed by atoms with van der Waals surface area (Å²) in [5.41, 5.74) is 2.24. The number of nitrogens with zero attached hydrogens (tertiary/aromatic N) is 4. The molecule has 0 unspecified atom stereocenters. The van der Waals surface area contributed by atoms with Gasteiger partial charge in [0.1, 0.15) is 0 Å². The van der Waals surface area contributed by atoms with Gasteiger partial charge < -0.3 is 14.4 Å². The zero-order valence-electron chi connectivity index (χ0n) is 16.6. The molecule has 1 N–H and O–H groups in total. The third-order valence-electron chi connectivity index (χ3n) is 6.73. The maximum absolute atomic E-state index is 13.2. The number of hydrogen-bond donors (Lipinski definition) is 1. The van der Waals surface area contributed by atoms with Crippen molar-refractivity contribution in [3.05, 3.63) is 45.5 Å². The van der Waals surface area contributed by atoms with Crippen LogP contribution in [0.25, 0.3) is 0 Å². The van der Waals surface area contributed by atoms with Crippen LogP contribution in [0.15, 0.2) is 21.5 Å². The zero-order chi connectivity index (χ0) is 19.1. The normalized spacial score (nSPS) is 24.2. The van der Waals surface area contributed by atoms with Crippen LogP contribution in [0.5, 0.6) is 0 Å². The van der Waals surface area contributed by atoms with Gasteiger partial charge in [0.2, 0.25) is 5.89 Å². The van der Waals surface area contributed by atoms with E-state index in [0.29, 0.717) is 30.8 Å². The van der Waals surface area contributed by atoms with Crippen LogP contribution >= 0.6 is 0 Å². The van der Waals surface area contributed by atoms with Crippen LogP contribution in [0.3, 0.4) is 0 Å². The maximum Gasteiger partial charge on any atom is 0.255 e. The van der Waals surface area contributed by atoms with E-state index in [-0.39, 0.29) is 5.56 Å². The van der Waals surface area contributed by atoms with Crippen molar-refractivity contribution >= 4 is 0 Å². The van der Waals surface area contributed by atoms with Crippen LogP contribution in [0.1, 0.15) is 67.4 Å². The van der Waals surface area contributed by atoms with Crippen molar-refractivity contribution in [1.82, 2.24) is 24.9 Å². The molecule has 4 heterocycles. The molecule has 2 fully saturated rings. The predicted molar refractivity (Wildman–Crippen MR) is 105 cm³/mol. The van der Waals surface area contributed by atoms with Crippen molar-refractivity contribution in [3.8, 4) is 0 Å². The number of fused-ring (bicyclic) bond motifs is 4. The van der Waals surface area contributed by atoms with E-state index in [0.717, 1.165) is 56.3 Å². The molecule has 7 nitrogen and oxygen atoms in total. The highest BCUT2D eigenvalue weighted by Gasteiger charge is 2.31. The van der Waals surface area contributed by atoms with Gasteiger partial charge in [-0.1, -0.05) is 24.6 Å². The zero-order valence-corrected chi connectivity index (χ0v) is 16.6. The predicted octanol–water partition coefficient (Wildman–Crippen LogP) is 2.23. The van der Waals surface area contributed by atoms with Crippen LogP contribution < -0.4 is 10.9 Å². The van der Waals surface area contributed by atoms with Gasteiger partial charge in [0, 0.05) is 42.7 Å². The van der Waals surface area contributed by atoms with Gasteiger partial charge in [-0.3, -0.25) is 9.69 Å². The van der Waals surface area contributed by atoms with Crippen molar-refractivity contribution < 1.29 is 4.52 Å². The fraction of sp³-hybridized carbons (Fsp3) is 0.667. The Morgan fingerprint density at radius 2 is 2.14 bits per heavy atom. The number of hydrogen-bond acceptors (Lipinski definition) is 6. The second-order valence-corrected chi connectivity index (χ2v) is 8.64. The molecule has 1 saturated carbocycles. The first-order valence-corrected chi connectivity index (χ1v) is 10.7. The first-order valence-electron chi connectivity index (χ1n) is 10.7. The maximum atomic E-state index is 13.2. The molecule has 3 aliphatic rings. The van der Waals surface area contributed by atoms with Gasteiger partial charge in [-0.2, -0.15) is 4.98 Å². The minimum atomic E-state index is 0.177. The molecule has 1 saturated heterocycles. The molecule has 0 radical (unpaired) electrons. The number of aromatic nitrogens is 3. The Kier molecular flexibility index (Phi) is 4.80. The standard InChI is InChI=1S/C21H29N5O2/c1-2-25(13-19-23-20(28-24-19)15-4-3-5-15)12-16-6-7-18-17-8-14(9-22-10-17)11-26(18)21(16)27/h6-7,14-15,17,22H,2-5,8-13H2,1H3/t14-,17+/m0/s1. The highest BCUT2D eigenvalue weighted by atomic mass is 16.5. The van der Waals surface area contributed by atoms with Gasteiger partial charge >= 0.3 is 0 Å². The second kappa shape index (κ2) is 7.44. The van der Waals surface area contributed by atoms with Crippen molar-refractivity contribution in [2.75, 3.05) is 19.6 Å². The summed E-state index contributed by atoms with van der Waals surface area (Å²) in [6.07, 6.45) is 4.77. The van der Waals surface area contributed by atoms with Gasteiger partial charge in [-0.25, -0.2) is 0 Å². The average Bonchev–Trinajstić information content (AvgIpc) is 3.10. The molecule has 1 aliphatic carbocycles. The molecule has 2 atom stereocenters. The highest BCUT2D eigenvalue weighted by Crippen LogP contribution is 2.35. The lowest BCUT2D eigenvalue weighted by molar-refractivity contribution is 0.245. The van der Waals surface area contributed by atoms with Gasteiger partial charge in [0.15, 0.2) is 5.82 Å². The minimum absolute atomic E-state index is 0.177. The fourth-order valence-electron chi connectivity index (χ4n) is 4.83. The van der Waals surface area contributed by atoms with Crippen molar-refractivity contribution in [2.24, 2.45) is 5.92 Å². The largest absolute Gasteiger partial charge is 0.339 e. The molecule has 28 heavy (non-hydrogen) atoms. The Bertz CT molecular complexity index is 900. The van der Waals surface area contributed by atoms with Crippen molar-refractivity contribution in [3.63, 3.8) is 0 Å². The number of rotatable bonds is 6. The molecule has 0 spiro atoms. The Hall–Kier alpha value is -1.99. The molecule has 150 valence electrons. The molecule has 5 rings (SSSR count). The summed E-state index contributed by atoms with van der Waals surface area (Å²) in [6.45, 7) is 7.03. The summed E-state index contributed by atoms with van der Waals surface area (Å²) >= 11 is 0. The fourth-order valence-corrected chi connectivity index (χ4v) is 4.83. The summed E-state index contributed by atoms with van der Waals surface area (Å²) in [4.78, 5) is 20.0. The first-order chi connectivity index (χ1) is 13.7. The van der Waals surface area contributed by atoms with E-state index in [1.165, 1.54) is 18.5 Å². The lowest BCUT2D eigenvalue weighted by Gasteiger charge is -2.37. The van der Waals surface area contributed by atoms with E-state index in [2.05, 4.69) is 33.3 Å². The van der Waals surface area contributed by atoms with E-state index in [4.69, 9.17) is 4.52 Å². The van der Waals surface area contributed by atoms with Crippen LogP contribution in [-0.4, -0.2) is 39.2 Å². The van der Waals surface area contributed by atoms with Crippen LogP contribution in [0.4, 0.5) is 0 Å². The Morgan fingerprint density at radius 1 is 1.25 bits per heavy atom. The van der Waals surface area contributed by atoms with E-state index in [9.17, 15) is 4.79 Å². The number of piperidine rings is 1. The minimum Gasteiger partial charge on any atom is -0.339 e. The topological polar surface area (TPSA) is 76.2 Å². The summed E-state index contributed by atoms with van der Waals surface area (Å²) < 4.78 is 7.48. The average molecular weight is 383 g/mol. The molecule has 2 aromatic heterocycles. The van der Waals surface area contributed by atoms with Gasteiger partial charge in [-0.15, -0.1) is 0 Å². The molecular weight excluding hydrogens is 354 g/mol. The monoisotopic (exact) mass is 383 g/mol. The van der Waals surface area contributed by atoms with Crippen LogP contribution in [-0.2, 0) is 19.6 Å². The molecule has 7 heteroatoms. The molecule has 2 aliphatic heterocycles. The molecular formula is C21H29N5O2. The van der Waals surface area contributed by atoms with E-state index in [1.807, 2.05) is 10.6 Å². The number of nitrogens with one attached hydrogen (secondary N) is 1. The quantitative estimate of drug-likeness (QED) is 0.824. The Balaban J connectivity index is 1.32. The first kappa shape index (κ1) is 18.1. The lowest BCUT2D eigenvalue weighted by Crippen LogP contribution is -2.45. The van der Waals surface area contributed by atoms with E-state index < -0.39 is 0 Å². The smallest absolute Gasteiger partial charge is 0.255 e. The SMILES string of the molecule is CCN(Cc1noc(C2CCC2)n1)Cc1ccc2n(c1=O)C[C@@H]1CNC[C@H]2C1. The van der Waals surface area contributed by atoms with E-state index in [1.54, 1.807) is 0 Å². The summed E-state index contributed by atoms with van der Waals surface area (Å²) in [5.74, 6) is 3.01. The Labute approximate surface area is 165 Å².